The number of carbonyl (C=O) groups excluding carboxylic acids is 2. The minimum absolute atomic E-state index is 0.176. The van der Waals surface area contributed by atoms with Crippen LogP contribution < -0.4 is 15.0 Å². The SMILES string of the molecule is CCOCCN1C(=O)C2C(NC3N(c4ccc(OC)c(Cl)c4)CC(C)CN23)N(C)C1=O. The number of benzene rings is 1. The molecule has 3 amide bonds. The van der Waals surface area contributed by atoms with Crippen molar-refractivity contribution in [2.75, 3.05) is 51.9 Å². The Balaban J connectivity index is 1.62. The van der Waals surface area contributed by atoms with E-state index in [1.54, 1.807) is 19.1 Å². The monoisotopic (exact) mass is 451 g/mol. The summed E-state index contributed by atoms with van der Waals surface area (Å²) in [6.45, 7) is 6.75. The molecule has 0 spiro atoms. The molecule has 0 aromatic heterocycles. The van der Waals surface area contributed by atoms with Gasteiger partial charge >= 0.3 is 6.03 Å². The summed E-state index contributed by atoms with van der Waals surface area (Å²) in [6, 6.07) is 4.94. The molecule has 1 aromatic rings. The molecule has 4 rings (SSSR count). The first-order valence-corrected chi connectivity index (χ1v) is 11.0. The van der Waals surface area contributed by atoms with Crippen molar-refractivity contribution in [3.05, 3.63) is 23.2 Å². The van der Waals surface area contributed by atoms with Crippen LogP contribution in [0.5, 0.6) is 5.75 Å². The van der Waals surface area contributed by atoms with E-state index in [4.69, 9.17) is 21.1 Å². The molecule has 1 N–H and O–H groups in total. The number of ether oxygens (including phenoxy) is 2. The van der Waals surface area contributed by atoms with Gasteiger partial charge in [-0.3, -0.25) is 19.9 Å². The van der Waals surface area contributed by atoms with E-state index in [0.717, 1.165) is 18.8 Å². The Bertz CT molecular complexity index is 855. The predicted molar refractivity (Wildman–Crippen MR) is 117 cm³/mol. The minimum Gasteiger partial charge on any atom is -0.495 e. The number of amides is 3. The maximum absolute atomic E-state index is 13.4. The van der Waals surface area contributed by atoms with E-state index in [-0.39, 0.29) is 24.8 Å². The standard InChI is InChI=1S/C21H30ClN5O4/c1-5-31-9-8-25-19(28)17-18(24(3)21(25)29)23-20-26(11-13(2)12-27(17)20)14-6-7-16(30-4)15(22)10-14/h6-7,10,13,17-18,20,23H,5,8-9,11-12H2,1-4H3. The van der Waals surface area contributed by atoms with Crippen LogP contribution in [0.1, 0.15) is 13.8 Å². The first-order chi connectivity index (χ1) is 14.9. The number of anilines is 1. The Hall–Kier alpha value is -2.07. The summed E-state index contributed by atoms with van der Waals surface area (Å²) in [5.41, 5.74) is 0.938. The number of imide groups is 1. The molecule has 0 bridgehead atoms. The zero-order valence-electron chi connectivity index (χ0n) is 18.4. The average molecular weight is 452 g/mol. The van der Waals surface area contributed by atoms with Gasteiger partial charge in [-0.15, -0.1) is 0 Å². The molecule has 10 heteroatoms. The molecule has 3 aliphatic rings. The van der Waals surface area contributed by atoms with Gasteiger partial charge in [-0.05, 0) is 31.0 Å². The lowest BCUT2D eigenvalue weighted by atomic mass is 10.0. The second kappa shape index (κ2) is 8.82. The molecule has 9 nitrogen and oxygen atoms in total. The highest BCUT2D eigenvalue weighted by molar-refractivity contribution is 6.32. The van der Waals surface area contributed by atoms with Crippen LogP contribution in [0, 0.1) is 5.92 Å². The van der Waals surface area contributed by atoms with Crippen molar-refractivity contribution in [1.82, 2.24) is 20.0 Å². The van der Waals surface area contributed by atoms with Crippen LogP contribution in [0.4, 0.5) is 10.5 Å². The highest BCUT2D eigenvalue weighted by Gasteiger charge is 2.56. The zero-order chi connectivity index (χ0) is 22.3. The van der Waals surface area contributed by atoms with E-state index in [1.807, 2.05) is 25.1 Å². The van der Waals surface area contributed by atoms with Crippen LogP contribution >= 0.6 is 11.6 Å². The molecule has 3 fully saturated rings. The molecule has 0 saturated carbocycles. The predicted octanol–water partition coefficient (Wildman–Crippen LogP) is 1.62. The number of carbonyl (C=O) groups is 2. The molecular formula is C21H30ClN5O4. The van der Waals surface area contributed by atoms with Crippen LogP contribution in [0.3, 0.4) is 0 Å². The summed E-state index contributed by atoms with van der Waals surface area (Å²) < 4.78 is 10.7. The number of methoxy groups -OCH3 is 1. The Kier molecular flexibility index (Phi) is 6.30. The lowest BCUT2D eigenvalue weighted by Gasteiger charge is -2.46. The molecule has 3 heterocycles. The van der Waals surface area contributed by atoms with E-state index in [0.29, 0.717) is 29.9 Å². The maximum Gasteiger partial charge on any atom is 0.327 e. The summed E-state index contributed by atoms with van der Waals surface area (Å²) >= 11 is 6.38. The van der Waals surface area contributed by atoms with Crippen molar-refractivity contribution >= 4 is 29.2 Å². The van der Waals surface area contributed by atoms with Gasteiger partial charge in [0.25, 0.3) is 5.91 Å². The van der Waals surface area contributed by atoms with E-state index in [2.05, 4.69) is 22.0 Å². The maximum atomic E-state index is 13.4. The lowest BCUT2D eigenvalue weighted by Crippen LogP contribution is -2.67. The van der Waals surface area contributed by atoms with Gasteiger partial charge in [0.2, 0.25) is 0 Å². The molecule has 0 radical (unpaired) electrons. The highest BCUT2D eigenvalue weighted by atomic mass is 35.5. The Morgan fingerprint density at radius 2 is 2.03 bits per heavy atom. The Morgan fingerprint density at radius 3 is 2.71 bits per heavy atom. The number of fused-ring (bicyclic) bond motifs is 3. The number of halogens is 1. The minimum atomic E-state index is -0.451. The number of hydrogen-bond donors (Lipinski definition) is 1. The third kappa shape index (κ3) is 3.84. The smallest absolute Gasteiger partial charge is 0.327 e. The first-order valence-electron chi connectivity index (χ1n) is 10.6. The average Bonchev–Trinajstić information content (AvgIpc) is 3.13. The van der Waals surface area contributed by atoms with Crippen molar-refractivity contribution in [2.24, 2.45) is 5.92 Å². The normalized spacial score (nSPS) is 28.7. The van der Waals surface area contributed by atoms with Crippen molar-refractivity contribution < 1.29 is 19.1 Å². The van der Waals surface area contributed by atoms with Crippen molar-refractivity contribution in [3.63, 3.8) is 0 Å². The summed E-state index contributed by atoms with van der Waals surface area (Å²) in [6.07, 6.45) is -0.614. The molecule has 3 saturated heterocycles. The molecule has 1 aromatic carbocycles. The molecular weight excluding hydrogens is 422 g/mol. The van der Waals surface area contributed by atoms with E-state index in [1.165, 1.54) is 4.90 Å². The van der Waals surface area contributed by atoms with Crippen molar-refractivity contribution in [2.45, 2.75) is 32.3 Å². The van der Waals surface area contributed by atoms with Crippen molar-refractivity contribution in [3.8, 4) is 5.75 Å². The largest absolute Gasteiger partial charge is 0.495 e. The second-order valence-corrected chi connectivity index (χ2v) is 8.69. The third-order valence-electron chi connectivity index (χ3n) is 6.22. The number of rotatable bonds is 6. The molecule has 4 atom stereocenters. The van der Waals surface area contributed by atoms with Crippen LogP contribution in [0.2, 0.25) is 5.02 Å². The first kappa shape index (κ1) is 22.1. The number of hydrogen-bond acceptors (Lipinski definition) is 7. The summed E-state index contributed by atoms with van der Waals surface area (Å²) in [7, 11) is 3.33. The number of likely N-dealkylation sites (N-methyl/N-ethyl adjacent to an activating group) is 1. The van der Waals surface area contributed by atoms with Crippen LogP contribution in [0.15, 0.2) is 18.2 Å². The molecule has 31 heavy (non-hydrogen) atoms. The number of nitrogens with zero attached hydrogens (tertiary/aromatic N) is 4. The van der Waals surface area contributed by atoms with Crippen LogP contribution in [-0.2, 0) is 9.53 Å². The van der Waals surface area contributed by atoms with Gasteiger partial charge in [0.1, 0.15) is 24.2 Å². The molecule has 170 valence electrons. The van der Waals surface area contributed by atoms with Crippen LogP contribution in [0.25, 0.3) is 0 Å². The molecule has 4 unspecified atom stereocenters. The molecule has 3 aliphatic heterocycles. The number of urea groups is 1. The van der Waals surface area contributed by atoms with Gasteiger partial charge < -0.3 is 19.3 Å². The highest BCUT2D eigenvalue weighted by Crippen LogP contribution is 2.36. The van der Waals surface area contributed by atoms with E-state index < -0.39 is 12.2 Å². The van der Waals surface area contributed by atoms with Crippen LogP contribution in [-0.4, -0.2) is 92.1 Å². The number of nitrogens with one attached hydrogen (secondary N) is 1. The van der Waals surface area contributed by atoms with Crippen molar-refractivity contribution in [1.29, 1.82) is 0 Å². The molecule has 0 aliphatic carbocycles. The fraction of sp³-hybridized carbons (Fsp3) is 0.619. The summed E-state index contributed by atoms with van der Waals surface area (Å²) in [4.78, 5) is 33.6. The van der Waals surface area contributed by atoms with Gasteiger partial charge in [-0.25, -0.2) is 4.79 Å². The third-order valence-corrected chi connectivity index (χ3v) is 6.51. The summed E-state index contributed by atoms with van der Waals surface area (Å²) in [5.74, 6) is 0.765. The summed E-state index contributed by atoms with van der Waals surface area (Å²) in [5, 5.41) is 4.05. The van der Waals surface area contributed by atoms with Gasteiger partial charge in [0.05, 0.1) is 25.3 Å². The van der Waals surface area contributed by atoms with Gasteiger partial charge in [-0.1, -0.05) is 18.5 Å². The second-order valence-electron chi connectivity index (χ2n) is 8.28. The van der Waals surface area contributed by atoms with Gasteiger partial charge in [0, 0.05) is 32.4 Å². The van der Waals surface area contributed by atoms with Gasteiger partial charge in [0.15, 0.2) is 0 Å². The fourth-order valence-electron chi connectivity index (χ4n) is 4.76. The van der Waals surface area contributed by atoms with E-state index in [9.17, 15) is 9.59 Å². The Labute approximate surface area is 187 Å². The topological polar surface area (TPSA) is 77.6 Å². The Morgan fingerprint density at radius 1 is 1.26 bits per heavy atom. The zero-order valence-corrected chi connectivity index (χ0v) is 19.1. The van der Waals surface area contributed by atoms with E-state index >= 15 is 0 Å². The fourth-order valence-corrected chi connectivity index (χ4v) is 5.01. The lowest BCUT2D eigenvalue weighted by molar-refractivity contribution is -0.139. The van der Waals surface area contributed by atoms with Gasteiger partial charge in [-0.2, -0.15) is 0 Å². The quantitative estimate of drug-likeness (QED) is 0.658.